The van der Waals surface area contributed by atoms with Gasteiger partial charge in [-0.1, -0.05) is 35.9 Å². The Kier molecular flexibility index (Phi) is 5.76. The molecule has 24 heavy (non-hydrogen) atoms. The molecule has 3 rings (SSSR count). The van der Waals surface area contributed by atoms with Gasteiger partial charge < -0.3 is 5.11 Å². The molecule has 1 N–H and O–H groups in total. The molecular formula is C16H19ClN4O2S. The van der Waals surface area contributed by atoms with Crippen LogP contribution in [0, 0.1) is 0 Å². The summed E-state index contributed by atoms with van der Waals surface area (Å²) in [6, 6.07) is 7.45. The minimum atomic E-state index is -0.877. The van der Waals surface area contributed by atoms with Crippen LogP contribution in [0.25, 0.3) is 5.69 Å². The van der Waals surface area contributed by atoms with Crippen molar-refractivity contribution in [2.75, 3.05) is 18.8 Å². The van der Waals surface area contributed by atoms with Crippen molar-refractivity contribution in [3.8, 4) is 5.69 Å². The van der Waals surface area contributed by atoms with Crippen LogP contribution < -0.4 is 0 Å². The number of carbonyl (C=O) groups is 1. The molecule has 1 fully saturated rings. The van der Waals surface area contributed by atoms with Crippen molar-refractivity contribution in [1.29, 1.82) is 0 Å². The summed E-state index contributed by atoms with van der Waals surface area (Å²) in [6.45, 7) is 2.81. The maximum Gasteiger partial charge on any atom is 0.313 e. The monoisotopic (exact) mass is 366 g/mol. The summed E-state index contributed by atoms with van der Waals surface area (Å²) >= 11 is 7.29. The standard InChI is InChI=1S/C16H19ClN4O2S/c17-12-5-4-6-13(9-12)21-14(10-20-7-2-1-3-8-20)18-19-16(21)24-11-15(22)23/h4-6,9H,1-3,7-8,10-11H2,(H,22,23). The van der Waals surface area contributed by atoms with E-state index in [0.717, 1.165) is 24.6 Å². The first-order valence-corrected chi connectivity index (χ1v) is 9.27. The number of thioether (sulfide) groups is 1. The molecule has 1 aliphatic heterocycles. The molecule has 1 saturated heterocycles. The Balaban J connectivity index is 1.90. The first-order valence-electron chi connectivity index (χ1n) is 7.90. The molecule has 0 unspecified atom stereocenters. The lowest BCUT2D eigenvalue weighted by molar-refractivity contribution is -0.133. The molecule has 8 heteroatoms. The highest BCUT2D eigenvalue weighted by Gasteiger charge is 2.19. The summed E-state index contributed by atoms with van der Waals surface area (Å²) in [5, 5.41) is 18.7. The molecule has 6 nitrogen and oxygen atoms in total. The highest BCUT2D eigenvalue weighted by Crippen LogP contribution is 2.25. The first kappa shape index (κ1) is 17.3. The summed E-state index contributed by atoms with van der Waals surface area (Å²) < 4.78 is 1.91. The predicted molar refractivity (Wildman–Crippen MR) is 93.9 cm³/mol. The molecular weight excluding hydrogens is 348 g/mol. The van der Waals surface area contributed by atoms with Gasteiger partial charge >= 0.3 is 5.97 Å². The van der Waals surface area contributed by atoms with Crippen molar-refractivity contribution in [3.63, 3.8) is 0 Å². The minimum absolute atomic E-state index is 0.0532. The molecule has 0 saturated carbocycles. The summed E-state index contributed by atoms with van der Waals surface area (Å²) in [5.74, 6) is -0.118. The van der Waals surface area contributed by atoms with E-state index in [0.29, 0.717) is 16.7 Å². The maximum absolute atomic E-state index is 10.9. The smallest absolute Gasteiger partial charge is 0.313 e. The number of rotatable bonds is 6. The number of carboxylic acid groups (broad SMARTS) is 1. The largest absolute Gasteiger partial charge is 0.481 e. The molecule has 1 aromatic carbocycles. The van der Waals surface area contributed by atoms with Crippen LogP contribution in [-0.2, 0) is 11.3 Å². The molecule has 2 aromatic rings. The third-order valence-electron chi connectivity index (χ3n) is 3.91. The Bertz CT molecular complexity index is 716. The van der Waals surface area contributed by atoms with Crippen LogP contribution in [0.15, 0.2) is 29.4 Å². The molecule has 2 heterocycles. The van der Waals surface area contributed by atoms with Crippen LogP contribution in [0.3, 0.4) is 0 Å². The molecule has 128 valence electrons. The van der Waals surface area contributed by atoms with Crippen molar-refractivity contribution in [2.45, 2.75) is 31.0 Å². The second-order valence-corrected chi connectivity index (χ2v) is 7.11. The van der Waals surface area contributed by atoms with E-state index in [1.807, 2.05) is 28.8 Å². The normalized spacial score (nSPS) is 15.5. The summed E-state index contributed by atoms with van der Waals surface area (Å²) in [6.07, 6.45) is 3.68. The van der Waals surface area contributed by atoms with Crippen LogP contribution in [0.2, 0.25) is 5.02 Å². The van der Waals surface area contributed by atoms with E-state index in [-0.39, 0.29) is 5.75 Å². The lowest BCUT2D eigenvalue weighted by Gasteiger charge is -2.26. The zero-order valence-electron chi connectivity index (χ0n) is 13.2. The Morgan fingerprint density at radius 3 is 2.75 bits per heavy atom. The highest BCUT2D eigenvalue weighted by molar-refractivity contribution is 7.99. The number of halogens is 1. The predicted octanol–water partition coefficient (Wildman–Crippen LogP) is 3.08. The van der Waals surface area contributed by atoms with Gasteiger partial charge in [0.05, 0.1) is 18.0 Å². The molecule has 1 aliphatic rings. The third kappa shape index (κ3) is 4.28. The Morgan fingerprint density at radius 1 is 1.25 bits per heavy atom. The quantitative estimate of drug-likeness (QED) is 0.792. The van der Waals surface area contributed by atoms with Crippen molar-refractivity contribution < 1.29 is 9.90 Å². The van der Waals surface area contributed by atoms with Crippen molar-refractivity contribution in [2.24, 2.45) is 0 Å². The van der Waals surface area contributed by atoms with Gasteiger partial charge in [0.25, 0.3) is 0 Å². The highest BCUT2D eigenvalue weighted by atomic mass is 35.5. The summed E-state index contributed by atoms with van der Waals surface area (Å²) in [5.41, 5.74) is 0.854. The fourth-order valence-corrected chi connectivity index (χ4v) is 3.69. The fraction of sp³-hybridized carbons (Fsp3) is 0.438. The molecule has 0 radical (unpaired) electrons. The van der Waals surface area contributed by atoms with Crippen LogP contribution >= 0.6 is 23.4 Å². The molecule has 0 bridgehead atoms. The Morgan fingerprint density at radius 2 is 2.04 bits per heavy atom. The van der Waals surface area contributed by atoms with Crippen molar-refractivity contribution in [3.05, 3.63) is 35.1 Å². The van der Waals surface area contributed by atoms with E-state index in [4.69, 9.17) is 16.7 Å². The van der Waals surface area contributed by atoms with Gasteiger partial charge in [-0.3, -0.25) is 14.3 Å². The van der Waals surface area contributed by atoms with Gasteiger partial charge in [0.15, 0.2) is 11.0 Å². The lowest BCUT2D eigenvalue weighted by Crippen LogP contribution is -2.30. The van der Waals surface area contributed by atoms with Crippen LogP contribution in [0.1, 0.15) is 25.1 Å². The molecule has 0 spiro atoms. The second-order valence-electron chi connectivity index (χ2n) is 5.73. The van der Waals surface area contributed by atoms with Crippen molar-refractivity contribution >= 4 is 29.3 Å². The molecule has 1 aromatic heterocycles. The van der Waals surface area contributed by atoms with Crippen LogP contribution in [0.4, 0.5) is 0 Å². The van der Waals surface area contributed by atoms with Crippen molar-refractivity contribution in [1.82, 2.24) is 19.7 Å². The number of aromatic nitrogens is 3. The van der Waals surface area contributed by atoms with Gasteiger partial charge in [0.1, 0.15) is 0 Å². The Hall–Kier alpha value is -1.57. The zero-order chi connectivity index (χ0) is 16.9. The van der Waals surface area contributed by atoms with E-state index in [9.17, 15) is 4.79 Å². The maximum atomic E-state index is 10.9. The average Bonchev–Trinajstić information content (AvgIpc) is 2.96. The van der Waals surface area contributed by atoms with E-state index < -0.39 is 5.97 Å². The van der Waals surface area contributed by atoms with Gasteiger partial charge in [-0.15, -0.1) is 10.2 Å². The fourth-order valence-electron chi connectivity index (χ4n) is 2.81. The number of hydrogen-bond donors (Lipinski definition) is 1. The van der Waals surface area contributed by atoms with Gasteiger partial charge in [-0.05, 0) is 44.1 Å². The van der Waals surface area contributed by atoms with E-state index in [2.05, 4.69) is 15.1 Å². The van der Waals surface area contributed by atoms with Crippen LogP contribution in [0.5, 0.6) is 0 Å². The summed E-state index contributed by atoms with van der Waals surface area (Å²) in [4.78, 5) is 13.3. The van der Waals surface area contributed by atoms with Gasteiger partial charge in [0, 0.05) is 5.02 Å². The number of hydrogen-bond acceptors (Lipinski definition) is 5. The van der Waals surface area contributed by atoms with E-state index >= 15 is 0 Å². The number of likely N-dealkylation sites (tertiary alicyclic amines) is 1. The second kappa shape index (κ2) is 8.00. The zero-order valence-corrected chi connectivity index (χ0v) is 14.8. The van der Waals surface area contributed by atoms with Gasteiger partial charge in [-0.25, -0.2) is 0 Å². The number of aliphatic carboxylic acids is 1. The Labute approximate surface area is 149 Å². The van der Waals surface area contributed by atoms with Crippen LogP contribution in [-0.4, -0.2) is 49.6 Å². The SMILES string of the molecule is O=C(O)CSc1nnc(CN2CCCCC2)n1-c1cccc(Cl)c1. The molecule has 0 amide bonds. The molecule has 0 atom stereocenters. The summed E-state index contributed by atoms with van der Waals surface area (Å²) in [7, 11) is 0. The first-order chi connectivity index (χ1) is 11.6. The number of nitrogens with zero attached hydrogens (tertiary/aromatic N) is 4. The average molecular weight is 367 g/mol. The number of piperidine rings is 1. The lowest BCUT2D eigenvalue weighted by atomic mass is 10.1. The van der Waals surface area contributed by atoms with Gasteiger partial charge in [0.2, 0.25) is 0 Å². The van der Waals surface area contributed by atoms with E-state index in [1.165, 1.54) is 31.0 Å². The molecule has 0 aliphatic carbocycles. The van der Waals surface area contributed by atoms with E-state index in [1.54, 1.807) is 0 Å². The minimum Gasteiger partial charge on any atom is -0.481 e. The number of benzene rings is 1. The number of carboxylic acids is 1. The third-order valence-corrected chi connectivity index (χ3v) is 5.05. The van der Waals surface area contributed by atoms with Gasteiger partial charge in [-0.2, -0.15) is 0 Å². The topological polar surface area (TPSA) is 71.2 Å².